The molecule has 0 radical (unpaired) electrons. The largest absolute Gasteiger partial charge is 0.0839 e. The molecule has 0 aliphatic heterocycles. The number of fused-ring (bicyclic) bond motifs is 4. The average molecular weight is 695 g/mol. The van der Waals surface area contributed by atoms with Crippen LogP contribution in [0.25, 0.3) is 50.2 Å². The van der Waals surface area contributed by atoms with E-state index in [4.69, 9.17) is 0 Å². The van der Waals surface area contributed by atoms with E-state index in [9.17, 15) is 0 Å². The van der Waals surface area contributed by atoms with Gasteiger partial charge < -0.3 is 0 Å². The molecule has 0 heteroatoms. The van der Waals surface area contributed by atoms with Gasteiger partial charge in [-0.1, -0.05) is 214 Å². The summed E-state index contributed by atoms with van der Waals surface area (Å²) in [6.45, 7) is 2.24. The first kappa shape index (κ1) is 34.8. The first-order chi connectivity index (χ1) is 26.7. The highest BCUT2D eigenvalue weighted by Gasteiger charge is 2.21. The van der Waals surface area contributed by atoms with E-state index in [1.807, 2.05) is 0 Å². The maximum absolute atomic E-state index is 2.40. The maximum Gasteiger partial charge on any atom is -0.000729 e. The van der Waals surface area contributed by atoms with Gasteiger partial charge in [0.1, 0.15) is 0 Å². The molecular formula is C54H46. The summed E-state index contributed by atoms with van der Waals surface area (Å²) in [7, 11) is 0. The number of unbranched alkanes of at least 4 members (excludes halogenated alkanes) is 1. The van der Waals surface area contributed by atoms with E-state index in [0.717, 1.165) is 32.1 Å². The Bertz CT molecular complexity index is 2480. The van der Waals surface area contributed by atoms with Crippen molar-refractivity contribution in [2.24, 2.45) is 0 Å². The van der Waals surface area contributed by atoms with Crippen molar-refractivity contribution in [3.8, 4) is 33.4 Å². The summed E-state index contributed by atoms with van der Waals surface area (Å²) in [5.74, 6) is 0. The van der Waals surface area contributed by atoms with Gasteiger partial charge in [-0.25, -0.2) is 0 Å². The second-order valence-corrected chi connectivity index (χ2v) is 14.2. The Morgan fingerprint density at radius 2 is 1.15 bits per heavy atom. The fraction of sp³-hybridized carbons (Fsp3) is 0.111. The molecule has 0 aromatic heterocycles. The highest BCUT2D eigenvalue weighted by atomic mass is 14.2. The molecule has 1 aliphatic carbocycles. The molecule has 1 aliphatic rings. The lowest BCUT2D eigenvalue weighted by atomic mass is 9.94. The smallest absolute Gasteiger partial charge is 0.000729 e. The summed E-state index contributed by atoms with van der Waals surface area (Å²) in [6.07, 6.45) is 18.9. The summed E-state index contributed by atoms with van der Waals surface area (Å²) in [5.41, 5.74) is 17.0. The minimum absolute atomic E-state index is 0.860. The van der Waals surface area contributed by atoms with E-state index < -0.39 is 0 Å². The van der Waals surface area contributed by atoms with Crippen LogP contribution in [0.4, 0.5) is 0 Å². The molecule has 0 saturated carbocycles. The summed E-state index contributed by atoms with van der Waals surface area (Å²) in [6, 6.07) is 59.7. The SMILES string of the molecule is CCC\C=C/C(=C\Cc1ccccc1)C(/C=C\c1ccc(-c2ccc(-c3cccc4c3Cc3ccccc3-4)cc2)cc1)=C/Cc1cccc2ccccc12. The molecule has 0 spiro atoms. The zero-order valence-electron chi connectivity index (χ0n) is 31.1. The zero-order chi connectivity index (χ0) is 36.5. The molecule has 7 aromatic rings. The van der Waals surface area contributed by atoms with Crippen LogP contribution in [0, 0.1) is 0 Å². The fourth-order valence-corrected chi connectivity index (χ4v) is 7.72. The second kappa shape index (κ2) is 16.6. The summed E-state index contributed by atoms with van der Waals surface area (Å²) in [4.78, 5) is 0. The van der Waals surface area contributed by atoms with Crippen molar-refractivity contribution in [1.29, 1.82) is 0 Å². The second-order valence-electron chi connectivity index (χ2n) is 14.2. The topological polar surface area (TPSA) is 0 Å². The van der Waals surface area contributed by atoms with Gasteiger partial charge in [0.25, 0.3) is 0 Å². The van der Waals surface area contributed by atoms with Crippen LogP contribution in [-0.2, 0) is 19.3 Å². The van der Waals surface area contributed by atoms with Crippen LogP contribution in [0.2, 0.25) is 0 Å². The van der Waals surface area contributed by atoms with Gasteiger partial charge >= 0.3 is 0 Å². The molecule has 54 heavy (non-hydrogen) atoms. The number of benzene rings is 7. The van der Waals surface area contributed by atoms with Gasteiger partial charge in [-0.3, -0.25) is 0 Å². The molecule has 262 valence electrons. The molecule has 8 rings (SSSR count). The van der Waals surface area contributed by atoms with Gasteiger partial charge in [-0.15, -0.1) is 0 Å². The number of allylic oxidation sites excluding steroid dienone is 7. The molecule has 0 unspecified atom stereocenters. The summed E-state index contributed by atoms with van der Waals surface area (Å²) < 4.78 is 0. The Morgan fingerprint density at radius 3 is 1.98 bits per heavy atom. The van der Waals surface area contributed by atoms with E-state index in [1.165, 1.54) is 83.1 Å². The number of hydrogen-bond donors (Lipinski definition) is 0. The molecule has 0 saturated heterocycles. The third-order valence-electron chi connectivity index (χ3n) is 10.7. The van der Waals surface area contributed by atoms with Crippen molar-refractivity contribution in [2.45, 2.75) is 39.0 Å². The van der Waals surface area contributed by atoms with Crippen LogP contribution in [0.5, 0.6) is 0 Å². The predicted molar refractivity (Wildman–Crippen MR) is 233 cm³/mol. The maximum atomic E-state index is 2.40. The highest BCUT2D eigenvalue weighted by Crippen LogP contribution is 2.41. The third-order valence-corrected chi connectivity index (χ3v) is 10.7. The predicted octanol–water partition coefficient (Wildman–Crippen LogP) is 14.5. The monoisotopic (exact) mass is 694 g/mol. The van der Waals surface area contributed by atoms with Crippen molar-refractivity contribution in [1.82, 2.24) is 0 Å². The Kier molecular flexibility index (Phi) is 10.7. The Hall–Kier alpha value is -6.24. The van der Waals surface area contributed by atoms with Crippen molar-refractivity contribution >= 4 is 16.8 Å². The van der Waals surface area contributed by atoms with Crippen molar-refractivity contribution in [2.75, 3.05) is 0 Å². The van der Waals surface area contributed by atoms with E-state index in [0.29, 0.717) is 0 Å². The molecule has 0 amide bonds. The fourth-order valence-electron chi connectivity index (χ4n) is 7.72. The molecule has 0 nitrogen and oxygen atoms in total. The molecule has 0 heterocycles. The molecule has 0 fully saturated rings. The lowest BCUT2D eigenvalue weighted by Gasteiger charge is -2.10. The minimum atomic E-state index is 0.860. The molecule has 0 bridgehead atoms. The first-order valence-electron chi connectivity index (χ1n) is 19.4. The van der Waals surface area contributed by atoms with Gasteiger partial charge in [-0.2, -0.15) is 0 Å². The van der Waals surface area contributed by atoms with Crippen LogP contribution in [0.3, 0.4) is 0 Å². The third kappa shape index (κ3) is 7.89. The van der Waals surface area contributed by atoms with Crippen molar-refractivity contribution < 1.29 is 0 Å². The molecular weight excluding hydrogens is 649 g/mol. The van der Waals surface area contributed by atoms with Gasteiger partial charge in [-0.05, 0) is 109 Å². The van der Waals surface area contributed by atoms with Gasteiger partial charge in [0, 0.05) is 0 Å². The Morgan fingerprint density at radius 1 is 0.519 bits per heavy atom. The normalized spacial score (nSPS) is 12.8. The summed E-state index contributed by atoms with van der Waals surface area (Å²) >= 11 is 0. The average Bonchev–Trinajstić information content (AvgIpc) is 3.62. The van der Waals surface area contributed by atoms with Crippen LogP contribution >= 0.6 is 0 Å². The Labute approximate surface area is 321 Å². The van der Waals surface area contributed by atoms with Gasteiger partial charge in [0.15, 0.2) is 0 Å². The molecule has 0 N–H and O–H groups in total. The van der Waals surface area contributed by atoms with Crippen LogP contribution in [0.1, 0.15) is 47.6 Å². The van der Waals surface area contributed by atoms with E-state index >= 15 is 0 Å². The van der Waals surface area contributed by atoms with Gasteiger partial charge in [0.2, 0.25) is 0 Å². The van der Waals surface area contributed by atoms with Crippen molar-refractivity contribution in [3.63, 3.8) is 0 Å². The summed E-state index contributed by atoms with van der Waals surface area (Å²) in [5, 5.41) is 2.60. The van der Waals surface area contributed by atoms with E-state index in [-0.39, 0.29) is 0 Å². The number of hydrogen-bond acceptors (Lipinski definition) is 0. The highest BCUT2D eigenvalue weighted by molar-refractivity contribution is 5.86. The van der Waals surface area contributed by atoms with Crippen LogP contribution in [-0.4, -0.2) is 0 Å². The molecule has 7 aromatic carbocycles. The quantitative estimate of drug-likeness (QED) is 0.112. The van der Waals surface area contributed by atoms with Crippen molar-refractivity contribution in [3.05, 3.63) is 233 Å². The lowest BCUT2D eigenvalue weighted by Crippen LogP contribution is -1.91. The van der Waals surface area contributed by atoms with Crippen LogP contribution in [0.15, 0.2) is 205 Å². The van der Waals surface area contributed by atoms with Crippen LogP contribution < -0.4 is 0 Å². The van der Waals surface area contributed by atoms with E-state index in [1.54, 1.807) is 0 Å². The molecule has 0 atom stereocenters. The lowest BCUT2D eigenvalue weighted by molar-refractivity contribution is 0.957. The van der Waals surface area contributed by atoms with Gasteiger partial charge in [0.05, 0.1) is 0 Å². The first-order valence-corrected chi connectivity index (χ1v) is 19.4. The zero-order valence-corrected chi connectivity index (χ0v) is 31.1. The standard InChI is InChI=1S/C54H46/c1-2-3-5-16-42(29-25-40-14-6-4-7-15-40)44(33-36-47-20-12-19-46-17-8-10-21-50(46)47)32-28-41-26-30-43(31-27-41)45-34-37-48(38-35-45)51-23-13-24-53-52-22-11-9-18-49(52)39-54(51)53/h4-24,26-35,37-38H,2-3,25,36,39H2,1H3/b16-5-,32-28-,42-29+,44-33+. The Balaban J connectivity index is 1.05. The minimum Gasteiger partial charge on any atom is -0.0839 e. The number of rotatable bonds is 12. The van der Waals surface area contributed by atoms with E-state index in [2.05, 4.69) is 207 Å².